The normalized spacial score (nSPS) is 17.2. The van der Waals surface area contributed by atoms with Gasteiger partial charge in [-0.1, -0.05) is 25.2 Å². The van der Waals surface area contributed by atoms with E-state index in [0.29, 0.717) is 17.6 Å². The molecule has 94 valence electrons. The van der Waals surface area contributed by atoms with E-state index in [0.717, 1.165) is 24.3 Å². The van der Waals surface area contributed by atoms with Gasteiger partial charge in [-0.05, 0) is 18.8 Å². The van der Waals surface area contributed by atoms with Gasteiger partial charge in [0.2, 0.25) is 11.0 Å². The lowest BCUT2D eigenvalue weighted by atomic mass is 10.1. The molecule has 2 rings (SSSR count). The first-order chi connectivity index (χ1) is 8.05. The molecule has 0 bridgehead atoms. The Hall–Kier alpha value is -1.01. The first-order valence-electron chi connectivity index (χ1n) is 5.89. The number of aromatic nitrogens is 2. The van der Waals surface area contributed by atoms with Gasteiger partial charge >= 0.3 is 0 Å². The third kappa shape index (κ3) is 2.81. The molecule has 0 unspecified atom stereocenters. The molecule has 1 aliphatic rings. The summed E-state index contributed by atoms with van der Waals surface area (Å²) in [7, 11) is 0. The van der Waals surface area contributed by atoms with Crippen molar-refractivity contribution in [2.24, 2.45) is 17.1 Å². The molecule has 0 saturated heterocycles. The molecule has 0 atom stereocenters. The van der Waals surface area contributed by atoms with Crippen molar-refractivity contribution in [1.29, 1.82) is 0 Å². The largest absolute Gasteiger partial charge is 0.329 e. The zero-order valence-corrected chi connectivity index (χ0v) is 11.0. The van der Waals surface area contributed by atoms with Crippen LogP contribution in [0.2, 0.25) is 0 Å². The number of rotatable bonds is 5. The number of amides is 1. The molecular formula is C11H18N4OS. The van der Waals surface area contributed by atoms with Gasteiger partial charge < -0.3 is 5.73 Å². The quantitative estimate of drug-likeness (QED) is 0.832. The van der Waals surface area contributed by atoms with Gasteiger partial charge in [0.05, 0.1) is 5.41 Å². The highest BCUT2D eigenvalue weighted by Crippen LogP contribution is 2.45. The molecule has 1 saturated carbocycles. The van der Waals surface area contributed by atoms with Crippen LogP contribution in [0.25, 0.3) is 0 Å². The zero-order chi connectivity index (χ0) is 12.5. The second-order valence-electron chi connectivity index (χ2n) is 5.04. The minimum atomic E-state index is -0.329. The number of nitrogens with one attached hydrogen (secondary N) is 1. The summed E-state index contributed by atoms with van der Waals surface area (Å²) in [5.74, 6) is 0.539. The molecule has 1 aliphatic carbocycles. The van der Waals surface area contributed by atoms with Crippen LogP contribution in [0.4, 0.5) is 5.13 Å². The van der Waals surface area contributed by atoms with Crippen molar-refractivity contribution in [1.82, 2.24) is 10.2 Å². The van der Waals surface area contributed by atoms with Crippen LogP contribution in [0.5, 0.6) is 0 Å². The van der Waals surface area contributed by atoms with Gasteiger partial charge in [0.1, 0.15) is 5.01 Å². The van der Waals surface area contributed by atoms with Gasteiger partial charge in [0.15, 0.2) is 0 Å². The monoisotopic (exact) mass is 254 g/mol. The second kappa shape index (κ2) is 4.70. The van der Waals surface area contributed by atoms with E-state index in [1.54, 1.807) is 0 Å². The lowest BCUT2D eigenvalue weighted by Gasteiger charge is -2.09. The van der Waals surface area contributed by atoms with E-state index in [4.69, 9.17) is 5.73 Å². The summed E-state index contributed by atoms with van der Waals surface area (Å²) in [5, 5.41) is 12.4. The molecule has 0 aromatic carbocycles. The standard InChI is InChI=1S/C11H18N4OS/c1-7(2)5-8-14-15-10(17-8)13-9(16)11(6-12)3-4-11/h7H,3-6,12H2,1-2H3,(H,13,15,16). The number of carbonyl (C=O) groups is 1. The van der Waals surface area contributed by atoms with Gasteiger partial charge in [-0.25, -0.2) is 0 Å². The Morgan fingerprint density at radius 3 is 2.76 bits per heavy atom. The smallest absolute Gasteiger partial charge is 0.233 e. The second-order valence-corrected chi connectivity index (χ2v) is 6.10. The van der Waals surface area contributed by atoms with E-state index in [9.17, 15) is 4.79 Å². The Morgan fingerprint density at radius 1 is 1.53 bits per heavy atom. The van der Waals surface area contributed by atoms with Crippen LogP contribution in [0, 0.1) is 11.3 Å². The van der Waals surface area contributed by atoms with Crippen LogP contribution >= 0.6 is 11.3 Å². The molecule has 0 radical (unpaired) electrons. The van der Waals surface area contributed by atoms with E-state index < -0.39 is 0 Å². The Labute approximate surface area is 105 Å². The average molecular weight is 254 g/mol. The predicted molar refractivity (Wildman–Crippen MR) is 67.8 cm³/mol. The van der Waals surface area contributed by atoms with Crippen LogP contribution in [0.15, 0.2) is 0 Å². The summed E-state index contributed by atoms with van der Waals surface area (Å²) in [6.45, 7) is 4.68. The van der Waals surface area contributed by atoms with Gasteiger partial charge in [0.25, 0.3) is 0 Å². The maximum absolute atomic E-state index is 11.9. The van der Waals surface area contributed by atoms with E-state index in [1.807, 2.05) is 0 Å². The fourth-order valence-corrected chi connectivity index (χ4v) is 2.59. The highest BCUT2D eigenvalue weighted by atomic mass is 32.1. The number of carbonyl (C=O) groups excluding carboxylic acids is 1. The maximum atomic E-state index is 11.9. The molecule has 1 aromatic rings. The summed E-state index contributed by atoms with van der Waals surface area (Å²) in [6.07, 6.45) is 2.66. The Balaban J connectivity index is 1.95. The van der Waals surface area contributed by atoms with Crippen molar-refractivity contribution in [3.8, 4) is 0 Å². The SMILES string of the molecule is CC(C)Cc1nnc(NC(=O)C2(CN)CC2)s1. The van der Waals surface area contributed by atoms with Crippen LogP contribution in [-0.4, -0.2) is 22.6 Å². The topological polar surface area (TPSA) is 80.9 Å². The van der Waals surface area contributed by atoms with E-state index in [1.165, 1.54) is 11.3 Å². The highest BCUT2D eigenvalue weighted by molar-refractivity contribution is 7.15. The Kier molecular flexibility index (Phi) is 3.44. The van der Waals surface area contributed by atoms with Gasteiger partial charge in [0, 0.05) is 13.0 Å². The van der Waals surface area contributed by atoms with Gasteiger partial charge in [-0.3, -0.25) is 10.1 Å². The van der Waals surface area contributed by atoms with Gasteiger partial charge in [-0.15, -0.1) is 10.2 Å². The van der Waals surface area contributed by atoms with E-state index in [-0.39, 0.29) is 11.3 Å². The molecule has 1 fully saturated rings. The zero-order valence-electron chi connectivity index (χ0n) is 10.2. The molecule has 0 aliphatic heterocycles. The Bertz CT molecular complexity index is 411. The average Bonchev–Trinajstić information content (AvgIpc) is 2.96. The molecule has 6 heteroatoms. The molecule has 1 amide bonds. The Morgan fingerprint density at radius 2 is 2.24 bits per heavy atom. The number of anilines is 1. The molecule has 5 nitrogen and oxygen atoms in total. The third-order valence-corrected chi connectivity index (χ3v) is 3.86. The molecule has 17 heavy (non-hydrogen) atoms. The molecular weight excluding hydrogens is 236 g/mol. The fraction of sp³-hybridized carbons (Fsp3) is 0.727. The van der Waals surface area contributed by atoms with Crippen molar-refractivity contribution in [2.45, 2.75) is 33.1 Å². The van der Waals surface area contributed by atoms with Gasteiger partial charge in [-0.2, -0.15) is 0 Å². The van der Waals surface area contributed by atoms with Crippen molar-refractivity contribution in [3.63, 3.8) is 0 Å². The first kappa shape index (κ1) is 12.4. The minimum absolute atomic E-state index is 0.00718. The number of nitrogens with zero attached hydrogens (tertiary/aromatic N) is 2. The van der Waals surface area contributed by atoms with E-state index >= 15 is 0 Å². The lowest BCUT2D eigenvalue weighted by Crippen LogP contribution is -2.30. The van der Waals surface area contributed by atoms with Crippen LogP contribution < -0.4 is 11.1 Å². The minimum Gasteiger partial charge on any atom is -0.329 e. The summed E-state index contributed by atoms with van der Waals surface area (Å²) in [4.78, 5) is 11.9. The van der Waals surface area contributed by atoms with Crippen LogP contribution in [-0.2, 0) is 11.2 Å². The summed E-state index contributed by atoms with van der Waals surface area (Å²) in [5.41, 5.74) is 5.27. The van der Waals surface area contributed by atoms with Crippen molar-refractivity contribution >= 4 is 22.4 Å². The van der Waals surface area contributed by atoms with Crippen molar-refractivity contribution < 1.29 is 4.79 Å². The van der Waals surface area contributed by atoms with Crippen molar-refractivity contribution in [2.75, 3.05) is 11.9 Å². The number of hydrogen-bond acceptors (Lipinski definition) is 5. The molecule has 1 heterocycles. The van der Waals surface area contributed by atoms with Crippen LogP contribution in [0.1, 0.15) is 31.7 Å². The molecule has 3 N–H and O–H groups in total. The summed E-state index contributed by atoms with van der Waals surface area (Å²) >= 11 is 1.45. The van der Waals surface area contributed by atoms with Crippen LogP contribution in [0.3, 0.4) is 0 Å². The van der Waals surface area contributed by atoms with E-state index in [2.05, 4.69) is 29.4 Å². The number of hydrogen-bond donors (Lipinski definition) is 2. The highest BCUT2D eigenvalue weighted by Gasteiger charge is 2.48. The molecule has 1 aromatic heterocycles. The maximum Gasteiger partial charge on any atom is 0.233 e. The predicted octanol–water partition coefficient (Wildman–Crippen LogP) is 1.41. The first-order valence-corrected chi connectivity index (χ1v) is 6.71. The summed E-state index contributed by atoms with van der Waals surface area (Å²) < 4.78 is 0. The molecule has 0 spiro atoms. The summed E-state index contributed by atoms with van der Waals surface area (Å²) in [6, 6.07) is 0. The lowest BCUT2D eigenvalue weighted by molar-refractivity contribution is -0.120. The third-order valence-electron chi connectivity index (χ3n) is 3.00. The number of nitrogens with two attached hydrogens (primary N) is 1. The fourth-order valence-electron chi connectivity index (χ4n) is 1.64. The van der Waals surface area contributed by atoms with Crippen molar-refractivity contribution in [3.05, 3.63) is 5.01 Å².